The van der Waals surface area contributed by atoms with E-state index < -0.39 is 0 Å². The zero-order valence-electron chi connectivity index (χ0n) is 17.3. The fourth-order valence-corrected chi connectivity index (χ4v) is 3.13. The number of rotatable bonds is 13. The number of nitrogens with zero attached hydrogens (tertiary/aromatic N) is 3. The molecule has 30 heavy (non-hydrogen) atoms. The Morgan fingerprint density at radius 2 is 1.80 bits per heavy atom. The largest absolute Gasteiger partial charge is 0.494 e. The topological polar surface area (TPSA) is 82.3 Å². The minimum atomic E-state index is 0.463. The number of hydrogen-bond acceptors (Lipinski definition) is 4. The summed E-state index contributed by atoms with van der Waals surface area (Å²) in [7, 11) is 0. The molecule has 0 aliphatic carbocycles. The first-order valence-electron chi connectivity index (χ1n) is 10.5. The lowest BCUT2D eigenvalue weighted by atomic mass is 10.1. The molecule has 2 aromatic rings. The van der Waals surface area contributed by atoms with Gasteiger partial charge in [-0.3, -0.25) is 15.3 Å². The molecule has 1 aromatic heterocycles. The third-order valence-corrected chi connectivity index (χ3v) is 4.72. The predicted molar refractivity (Wildman–Crippen MR) is 123 cm³/mol. The van der Waals surface area contributed by atoms with E-state index in [1.165, 1.54) is 32.1 Å². The lowest BCUT2D eigenvalue weighted by Gasteiger charge is -2.07. The summed E-state index contributed by atoms with van der Waals surface area (Å²) in [5.74, 6) is 1.31. The number of nitrogens with one attached hydrogen (secondary N) is 2. The smallest absolute Gasteiger partial charge is 0.209 e. The Bertz CT molecular complexity index is 792. The fourth-order valence-electron chi connectivity index (χ4n) is 2.95. The van der Waals surface area contributed by atoms with Gasteiger partial charge in [-0.2, -0.15) is 5.26 Å². The number of guanidine groups is 1. The molecule has 1 aromatic carbocycles. The minimum absolute atomic E-state index is 0.463. The van der Waals surface area contributed by atoms with Crippen LogP contribution in [0.1, 0.15) is 51.4 Å². The number of unbranched alkanes of at least 4 members (excludes halogenated alkanes) is 7. The van der Waals surface area contributed by atoms with Gasteiger partial charge in [-0.15, -0.1) is 0 Å². The van der Waals surface area contributed by atoms with Gasteiger partial charge in [0.15, 0.2) is 6.19 Å². The first-order valence-corrected chi connectivity index (χ1v) is 10.9. The summed E-state index contributed by atoms with van der Waals surface area (Å²) in [5, 5.41) is 15.2. The maximum Gasteiger partial charge on any atom is 0.209 e. The molecule has 0 amide bonds. The molecular formula is C23H30ClN5O. The number of benzene rings is 1. The molecule has 160 valence electrons. The molecule has 0 atom stereocenters. The molecule has 2 rings (SSSR count). The summed E-state index contributed by atoms with van der Waals surface area (Å²) in [6, 6.07) is 11.2. The molecule has 0 aliphatic heterocycles. The lowest BCUT2D eigenvalue weighted by molar-refractivity contribution is 0.304. The van der Waals surface area contributed by atoms with Crippen LogP contribution < -0.4 is 15.4 Å². The van der Waals surface area contributed by atoms with Crippen molar-refractivity contribution >= 4 is 23.2 Å². The second-order valence-electron chi connectivity index (χ2n) is 6.97. The second-order valence-corrected chi connectivity index (χ2v) is 7.40. The molecule has 0 saturated carbocycles. The number of pyridine rings is 1. The van der Waals surface area contributed by atoms with E-state index in [0.29, 0.717) is 17.5 Å². The Morgan fingerprint density at radius 1 is 1.03 bits per heavy atom. The molecule has 6 nitrogen and oxygen atoms in total. The SMILES string of the molecule is N#CNC(=NCCCCCCCCCCOc1cccc(Cl)c1)Nc1cccnc1. The van der Waals surface area contributed by atoms with Crippen LogP contribution in [0.2, 0.25) is 5.02 Å². The van der Waals surface area contributed by atoms with Gasteiger partial charge in [-0.25, -0.2) is 0 Å². The van der Waals surface area contributed by atoms with Crippen LogP contribution >= 0.6 is 11.6 Å². The number of aromatic nitrogens is 1. The number of aliphatic imine (C=N–C) groups is 1. The highest BCUT2D eigenvalue weighted by molar-refractivity contribution is 6.30. The van der Waals surface area contributed by atoms with Gasteiger partial charge in [0.05, 0.1) is 18.5 Å². The van der Waals surface area contributed by atoms with Crippen molar-refractivity contribution < 1.29 is 4.74 Å². The average molecular weight is 428 g/mol. The summed E-state index contributed by atoms with van der Waals surface area (Å²) in [6.45, 7) is 1.43. The first kappa shape index (κ1) is 23.5. The summed E-state index contributed by atoms with van der Waals surface area (Å²) < 4.78 is 5.70. The highest BCUT2D eigenvalue weighted by Gasteiger charge is 1.99. The third-order valence-electron chi connectivity index (χ3n) is 4.49. The van der Waals surface area contributed by atoms with Crippen LogP contribution in [0, 0.1) is 11.5 Å². The van der Waals surface area contributed by atoms with Gasteiger partial charge in [0, 0.05) is 17.8 Å². The molecular weight excluding hydrogens is 398 g/mol. The predicted octanol–water partition coefficient (Wildman–Crippen LogP) is 5.77. The number of anilines is 1. The van der Waals surface area contributed by atoms with Crippen molar-refractivity contribution in [2.45, 2.75) is 51.4 Å². The van der Waals surface area contributed by atoms with E-state index in [-0.39, 0.29) is 0 Å². The van der Waals surface area contributed by atoms with Gasteiger partial charge in [-0.05, 0) is 43.2 Å². The maximum atomic E-state index is 8.85. The maximum absolute atomic E-state index is 8.85. The van der Waals surface area contributed by atoms with E-state index in [0.717, 1.165) is 37.3 Å². The molecule has 0 radical (unpaired) electrons. The van der Waals surface area contributed by atoms with Crippen LogP contribution in [0.3, 0.4) is 0 Å². The zero-order chi connectivity index (χ0) is 21.3. The van der Waals surface area contributed by atoms with E-state index >= 15 is 0 Å². The summed E-state index contributed by atoms with van der Waals surface area (Å²) in [6.07, 6.45) is 14.7. The first-order chi connectivity index (χ1) is 14.8. The van der Waals surface area contributed by atoms with Gasteiger partial charge in [0.25, 0.3) is 0 Å². The molecule has 0 spiro atoms. The molecule has 0 unspecified atom stereocenters. The van der Waals surface area contributed by atoms with Crippen molar-refractivity contribution in [1.82, 2.24) is 10.3 Å². The monoisotopic (exact) mass is 427 g/mol. The Balaban J connectivity index is 1.45. The molecule has 1 heterocycles. The van der Waals surface area contributed by atoms with Gasteiger partial charge in [-0.1, -0.05) is 56.2 Å². The normalized spacial score (nSPS) is 11.0. The Morgan fingerprint density at radius 3 is 2.50 bits per heavy atom. The second kappa shape index (κ2) is 15.1. The number of hydrogen-bond donors (Lipinski definition) is 2. The zero-order valence-corrected chi connectivity index (χ0v) is 18.1. The van der Waals surface area contributed by atoms with Crippen molar-refractivity contribution in [1.29, 1.82) is 5.26 Å². The molecule has 0 bridgehead atoms. The van der Waals surface area contributed by atoms with Crippen molar-refractivity contribution in [3.63, 3.8) is 0 Å². The van der Waals surface area contributed by atoms with E-state index in [1.807, 2.05) is 42.6 Å². The summed E-state index contributed by atoms with van der Waals surface area (Å²) in [5.41, 5.74) is 0.803. The molecule has 0 saturated heterocycles. The third kappa shape index (κ3) is 10.7. The standard InChI is InChI=1S/C23H30ClN5O/c24-20-11-9-13-22(17-20)30-16-8-6-4-2-1-3-5-7-15-27-23(28-19-25)29-21-12-10-14-26-18-21/h9-14,17-18H,1-8,15-16H2,(H2,27,28,29). The van der Waals surface area contributed by atoms with Crippen LogP contribution in [0.25, 0.3) is 0 Å². The molecule has 0 fully saturated rings. The van der Waals surface area contributed by atoms with E-state index in [9.17, 15) is 0 Å². The van der Waals surface area contributed by atoms with Crippen LogP contribution in [0.15, 0.2) is 53.8 Å². The van der Waals surface area contributed by atoms with Crippen molar-refractivity contribution in [3.05, 3.63) is 53.8 Å². The number of ether oxygens (including phenoxy) is 1. The van der Waals surface area contributed by atoms with Crippen LogP contribution in [-0.4, -0.2) is 24.1 Å². The van der Waals surface area contributed by atoms with Crippen LogP contribution in [0.5, 0.6) is 5.75 Å². The quantitative estimate of drug-likeness (QED) is 0.139. The Hall–Kier alpha value is -2.78. The van der Waals surface area contributed by atoms with E-state index in [4.69, 9.17) is 21.6 Å². The van der Waals surface area contributed by atoms with Gasteiger partial charge >= 0.3 is 0 Å². The number of nitriles is 1. The van der Waals surface area contributed by atoms with Crippen molar-refractivity contribution in [2.75, 3.05) is 18.5 Å². The lowest BCUT2D eigenvalue weighted by Crippen LogP contribution is -2.27. The highest BCUT2D eigenvalue weighted by atomic mass is 35.5. The minimum Gasteiger partial charge on any atom is -0.494 e. The van der Waals surface area contributed by atoms with E-state index in [1.54, 1.807) is 12.4 Å². The Kier molecular flexibility index (Phi) is 11.8. The van der Waals surface area contributed by atoms with Crippen LogP contribution in [0.4, 0.5) is 5.69 Å². The summed E-state index contributed by atoms with van der Waals surface area (Å²) >= 11 is 5.94. The van der Waals surface area contributed by atoms with Crippen LogP contribution in [-0.2, 0) is 0 Å². The fraction of sp³-hybridized carbons (Fsp3) is 0.435. The average Bonchev–Trinajstić information content (AvgIpc) is 2.75. The Labute approximate surface area is 184 Å². The van der Waals surface area contributed by atoms with Crippen molar-refractivity contribution in [3.8, 4) is 11.9 Å². The van der Waals surface area contributed by atoms with Gasteiger partial charge in [0.1, 0.15) is 5.75 Å². The van der Waals surface area contributed by atoms with Gasteiger partial charge < -0.3 is 10.1 Å². The molecule has 0 aliphatic rings. The highest BCUT2D eigenvalue weighted by Crippen LogP contribution is 2.17. The molecule has 2 N–H and O–H groups in total. The van der Waals surface area contributed by atoms with E-state index in [2.05, 4.69) is 20.6 Å². The number of halogens is 1. The van der Waals surface area contributed by atoms with Gasteiger partial charge in [0.2, 0.25) is 5.96 Å². The summed E-state index contributed by atoms with van der Waals surface area (Å²) in [4.78, 5) is 8.47. The van der Waals surface area contributed by atoms with Crippen molar-refractivity contribution in [2.24, 2.45) is 4.99 Å². The molecule has 7 heteroatoms.